The number of hydrogen-bond acceptors (Lipinski definition) is 6. The normalized spacial score (nSPS) is 13.4. The number of para-hydroxylation sites is 1. The molecule has 2 N–H and O–H groups in total. The van der Waals surface area contributed by atoms with Gasteiger partial charge in [-0.1, -0.05) is 18.2 Å². The van der Waals surface area contributed by atoms with Crippen LogP contribution in [-0.2, 0) is 9.47 Å². The van der Waals surface area contributed by atoms with Gasteiger partial charge in [0.2, 0.25) is 0 Å². The highest BCUT2D eigenvalue weighted by Gasteiger charge is 2.19. The molecule has 0 saturated carbocycles. The Balaban J connectivity index is 1.61. The summed E-state index contributed by atoms with van der Waals surface area (Å²) >= 11 is 5.28. The lowest BCUT2D eigenvalue weighted by Gasteiger charge is -2.27. The lowest BCUT2D eigenvalue weighted by Crippen LogP contribution is -2.40. The molecule has 0 radical (unpaired) electrons. The maximum absolute atomic E-state index is 12.7. The monoisotopic (exact) mass is 443 g/mol. The van der Waals surface area contributed by atoms with Crippen molar-refractivity contribution < 1.29 is 23.8 Å². The van der Waals surface area contributed by atoms with E-state index in [2.05, 4.69) is 10.6 Å². The average molecular weight is 444 g/mol. The smallest absolute Gasteiger partial charge is 0.261 e. The molecule has 0 atom stereocenters. The Morgan fingerprint density at radius 1 is 1.10 bits per heavy atom. The summed E-state index contributed by atoms with van der Waals surface area (Å²) < 4.78 is 15.9. The van der Waals surface area contributed by atoms with Crippen LogP contribution in [0, 0.1) is 0 Å². The van der Waals surface area contributed by atoms with E-state index in [0.29, 0.717) is 62.1 Å². The van der Waals surface area contributed by atoms with Crippen LogP contribution in [0.25, 0.3) is 0 Å². The van der Waals surface area contributed by atoms with Crippen molar-refractivity contribution in [1.82, 2.24) is 10.2 Å². The number of thiocarbonyl (C=S) groups is 1. The molecular weight excluding hydrogens is 418 g/mol. The Labute approximate surface area is 186 Å². The topological polar surface area (TPSA) is 89.1 Å². The lowest BCUT2D eigenvalue weighted by atomic mass is 10.1. The highest BCUT2D eigenvalue weighted by Crippen LogP contribution is 2.18. The van der Waals surface area contributed by atoms with Crippen molar-refractivity contribution >= 4 is 34.8 Å². The lowest BCUT2D eigenvalue weighted by molar-refractivity contribution is 0.0303. The van der Waals surface area contributed by atoms with Crippen LogP contribution in [0.15, 0.2) is 48.5 Å². The van der Waals surface area contributed by atoms with E-state index in [1.54, 1.807) is 60.5 Å². The van der Waals surface area contributed by atoms with E-state index in [9.17, 15) is 9.59 Å². The number of rotatable bonds is 7. The molecule has 9 heteroatoms. The van der Waals surface area contributed by atoms with Crippen molar-refractivity contribution in [2.75, 3.05) is 51.9 Å². The fraction of sp³-hybridized carbons (Fsp3) is 0.318. The molecule has 1 heterocycles. The molecule has 0 aliphatic carbocycles. The molecule has 0 bridgehead atoms. The van der Waals surface area contributed by atoms with Gasteiger partial charge in [-0.3, -0.25) is 14.9 Å². The second kappa shape index (κ2) is 11.4. The van der Waals surface area contributed by atoms with Crippen LogP contribution in [0.1, 0.15) is 20.7 Å². The summed E-state index contributed by atoms with van der Waals surface area (Å²) in [5, 5.41) is 5.72. The first-order valence-electron chi connectivity index (χ1n) is 9.88. The van der Waals surface area contributed by atoms with Crippen LogP contribution >= 0.6 is 12.2 Å². The number of amides is 2. The van der Waals surface area contributed by atoms with Crippen molar-refractivity contribution in [1.29, 1.82) is 0 Å². The zero-order chi connectivity index (χ0) is 22.1. The van der Waals surface area contributed by atoms with Gasteiger partial charge in [-0.2, -0.15) is 0 Å². The standard InChI is InChI=1S/C22H25N3O5S/c1-28-13-14-30-19-8-3-2-7-18(19)20(26)24-22(31)23-17-6-4-5-16(15-17)21(27)25-9-11-29-12-10-25/h2-8,15H,9-14H2,1H3,(H2,23,24,26,31). The molecule has 2 amide bonds. The van der Waals surface area contributed by atoms with E-state index < -0.39 is 5.91 Å². The SMILES string of the molecule is COCCOc1ccccc1C(=O)NC(=S)Nc1cccc(C(=O)N2CCOCC2)c1. The van der Waals surface area contributed by atoms with Gasteiger partial charge in [0, 0.05) is 31.5 Å². The number of nitrogens with zero attached hydrogens (tertiary/aromatic N) is 1. The number of methoxy groups -OCH3 is 1. The quantitative estimate of drug-likeness (QED) is 0.501. The van der Waals surface area contributed by atoms with Crippen molar-refractivity contribution in [3.8, 4) is 5.75 Å². The molecule has 1 aliphatic rings. The van der Waals surface area contributed by atoms with Gasteiger partial charge in [0.25, 0.3) is 11.8 Å². The number of morpholine rings is 1. The maximum atomic E-state index is 12.7. The van der Waals surface area contributed by atoms with Gasteiger partial charge in [0.1, 0.15) is 12.4 Å². The zero-order valence-corrected chi connectivity index (χ0v) is 18.1. The Morgan fingerprint density at radius 3 is 2.65 bits per heavy atom. The second-order valence-corrected chi connectivity index (χ2v) is 7.14. The molecule has 8 nitrogen and oxygen atoms in total. The first-order chi connectivity index (χ1) is 15.1. The molecule has 0 unspecified atom stereocenters. The molecule has 3 rings (SSSR count). The summed E-state index contributed by atoms with van der Waals surface area (Å²) in [6, 6.07) is 13.9. The molecule has 0 spiro atoms. The summed E-state index contributed by atoms with van der Waals surface area (Å²) in [7, 11) is 1.58. The third-order valence-corrected chi connectivity index (χ3v) is 4.77. The van der Waals surface area contributed by atoms with Crippen molar-refractivity contribution in [3.05, 3.63) is 59.7 Å². The second-order valence-electron chi connectivity index (χ2n) is 6.73. The van der Waals surface area contributed by atoms with Crippen LogP contribution in [0.5, 0.6) is 5.75 Å². The Hall–Kier alpha value is -3.01. The molecule has 1 saturated heterocycles. The first kappa shape index (κ1) is 22.7. The minimum atomic E-state index is -0.397. The van der Waals surface area contributed by atoms with Crippen molar-refractivity contribution in [2.24, 2.45) is 0 Å². The van der Waals surface area contributed by atoms with Gasteiger partial charge in [0.15, 0.2) is 5.11 Å². The van der Waals surface area contributed by atoms with E-state index in [1.807, 2.05) is 0 Å². The third-order valence-electron chi connectivity index (χ3n) is 4.57. The van der Waals surface area contributed by atoms with Crippen LogP contribution < -0.4 is 15.4 Å². The molecule has 164 valence electrons. The van der Waals surface area contributed by atoms with E-state index in [0.717, 1.165) is 0 Å². The molecule has 2 aromatic rings. The summed E-state index contributed by atoms with van der Waals surface area (Å²) in [4.78, 5) is 27.1. The molecule has 2 aromatic carbocycles. The summed E-state index contributed by atoms with van der Waals surface area (Å²) in [6.07, 6.45) is 0. The van der Waals surface area contributed by atoms with Crippen LogP contribution in [0.2, 0.25) is 0 Å². The predicted octanol–water partition coefficient (Wildman–Crippen LogP) is 2.31. The summed E-state index contributed by atoms with van der Waals surface area (Å²) in [5.74, 6) is -0.0203. The molecule has 1 aliphatic heterocycles. The van der Waals surface area contributed by atoms with Gasteiger partial charge in [-0.05, 0) is 42.5 Å². The van der Waals surface area contributed by atoms with E-state index in [4.69, 9.17) is 26.4 Å². The Morgan fingerprint density at radius 2 is 1.87 bits per heavy atom. The molecule has 0 aromatic heterocycles. The molecule has 1 fully saturated rings. The number of ether oxygens (including phenoxy) is 3. The molecular formula is C22H25N3O5S. The van der Waals surface area contributed by atoms with Crippen LogP contribution in [0.3, 0.4) is 0 Å². The van der Waals surface area contributed by atoms with Crippen molar-refractivity contribution in [3.63, 3.8) is 0 Å². The number of anilines is 1. The van der Waals surface area contributed by atoms with Gasteiger partial charge in [0.05, 0.1) is 25.4 Å². The summed E-state index contributed by atoms with van der Waals surface area (Å²) in [6.45, 7) is 2.95. The van der Waals surface area contributed by atoms with Gasteiger partial charge in [-0.15, -0.1) is 0 Å². The minimum Gasteiger partial charge on any atom is -0.490 e. The number of hydrogen-bond donors (Lipinski definition) is 2. The van der Waals surface area contributed by atoms with Crippen LogP contribution in [-0.4, -0.2) is 68.5 Å². The van der Waals surface area contributed by atoms with Gasteiger partial charge >= 0.3 is 0 Å². The fourth-order valence-corrected chi connectivity index (χ4v) is 3.24. The fourth-order valence-electron chi connectivity index (χ4n) is 3.03. The number of carbonyl (C=O) groups is 2. The van der Waals surface area contributed by atoms with E-state index >= 15 is 0 Å². The highest BCUT2D eigenvalue weighted by atomic mass is 32.1. The first-order valence-corrected chi connectivity index (χ1v) is 10.3. The number of benzene rings is 2. The largest absolute Gasteiger partial charge is 0.490 e. The van der Waals surface area contributed by atoms with Crippen molar-refractivity contribution in [2.45, 2.75) is 0 Å². The average Bonchev–Trinajstić information content (AvgIpc) is 2.79. The Bertz CT molecular complexity index is 931. The van der Waals surface area contributed by atoms with Gasteiger partial charge < -0.3 is 24.4 Å². The highest BCUT2D eigenvalue weighted by molar-refractivity contribution is 7.80. The third kappa shape index (κ3) is 6.48. The van der Waals surface area contributed by atoms with E-state index in [1.165, 1.54) is 0 Å². The summed E-state index contributed by atoms with van der Waals surface area (Å²) in [5.41, 5.74) is 1.51. The zero-order valence-electron chi connectivity index (χ0n) is 17.3. The predicted molar refractivity (Wildman–Crippen MR) is 121 cm³/mol. The minimum absolute atomic E-state index is 0.0657. The molecule has 31 heavy (non-hydrogen) atoms. The van der Waals surface area contributed by atoms with Crippen LogP contribution in [0.4, 0.5) is 5.69 Å². The number of carbonyl (C=O) groups excluding carboxylic acids is 2. The Kier molecular flexibility index (Phi) is 8.34. The van der Waals surface area contributed by atoms with Gasteiger partial charge in [-0.25, -0.2) is 0 Å². The number of nitrogens with one attached hydrogen (secondary N) is 2. The van der Waals surface area contributed by atoms with E-state index in [-0.39, 0.29) is 11.0 Å². The maximum Gasteiger partial charge on any atom is 0.261 e.